The number of nitrogens with one attached hydrogen (secondary N) is 1. The van der Waals surface area contributed by atoms with Crippen LogP contribution in [0.15, 0.2) is 36.5 Å². The summed E-state index contributed by atoms with van der Waals surface area (Å²) in [7, 11) is 3.52. The molecule has 0 spiro atoms. The first-order valence-electron chi connectivity index (χ1n) is 6.76. The molecule has 0 bridgehead atoms. The van der Waals surface area contributed by atoms with Gasteiger partial charge in [0.2, 0.25) is 0 Å². The predicted molar refractivity (Wildman–Crippen MR) is 81.5 cm³/mol. The molecule has 2 rings (SSSR count). The van der Waals surface area contributed by atoms with Gasteiger partial charge in [0.05, 0.1) is 6.54 Å². The highest BCUT2D eigenvalue weighted by atomic mass is 16.5. The van der Waals surface area contributed by atoms with Gasteiger partial charge in [0.25, 0.3) is 0 Å². The summed E-state index contributed by atoms with van der Waals surface area (Å²) in [5.41, 5.74) is 1.19. The first-order chi connectivity index (χ1) is 10.0. The molecule has 1 N–H and O–H groups in total. The second-order valence-electron chi connectivity index (χ2n) is 4.89. The van der Waals surface area contributed by atoms with E-state index in [-0.39, 0.29) is 6.03 Å². The second-order valence-corrected chi connectivity index (χ2v) is 4.89. The molecule has 0 aliphatic carbocycles. The van der Waals surface area contributed by atoms with Crippen molar-refractivity contribution in [3.63, 3.8) is 0 Å². The van der Waals surface area contributed by atoms with Crippen LogP contribution in [0.4, 0.5) is 10.6 Å². The third-order valence-corrected chi connectivity index (χ3v) is 3.01. The lowest BCUT2D eigenvalue weighted by molar-refractivity contribution is 0.207. The molecule has 0 radical (unpaired) electrons. The van der Waals surface area contributed by atoms with Crippen molar-refractivity contribution in [2.45, 2.75) is 6.92 Å². The van der Waals surface area contributed by atoms with Gasteiger partial charge in [0.1, 0.15) is 12.4 Å². The highest BCUT2D eigenvalue weighted by molar-refractivity contribution is 5.87. The van der Waals surface area contributed by atoms with Crippen LogP contribution in [0.3, 0.4) is 0 Å². The average Bonchev–Trinajstić information content (AvgIpc) is 2.86. The first kappa shape index (κ1) is 14.9. The monoisotopic (exact) mass is 288 g/mol. The number of benzene rings is 1. The molecular formula is C15H20N4O2. The topological polar surface area (TPSA) is 59.4 Å². The zero-order valence-electron chi connectivity index (χ0n) is 12.5. The molecule has 0 fully saturated rings. The highest BCUT2D eigenvalue weighted by Crippen LogP contribution is 2.11. The Labute approximate surface area is 124 Å². The number of hydrogen-bond donors (Lipinski definition) is 1. The smallest absolute Gasteiger partial charge is 0.322 e. The van der Waals surface area contributed by atoms with Crippen LogP contribution >= 0.6 is 0 Å². The van der Waals surface area contributed by atoms with Crippen LogP contribution in [-0.4, -0.2) is 40.9 Å². The number of amides is 2. The van der Waals surface area contributed by atoms with E-state index in [1.165, 1.54) is 5.56 Å². The summed E-state index contributed by atoms with van der Waals surface area (Å²) in [6.07, 6.45) is 1.77. The lowest BCUT2D eigenvalue weighted by Gasteiger charge is -2.17. The average molecular weight is 288 g/mol. The van der Waals surface area contributed by atoms with Crippen molar-refractivity contribution >= 4 is 11.8 Å². The molecule has 0 saturated carbocycles. The Hall–Kier alpha value is -2.50. The normalized spacial score (nSPS) is 10.2. The van der Waals surface area contributed by atoms with E-state index in [1.807, 2.05) is 31.2 Å². The number of anilines is 1. The fourth-order valence-electron chi connectivity index (χ4n) is 1.72. The van der Waals surface area contributed by atoms with Crippen LogP contribution in [-0.2, 0) is 7.05 Å². The van der Waals surface area contributed by atoms with Crippen molar-refractivity contribution in [1.82, 2.24) is 14.7 Å². The second kappa shape index (κ2) is 6.78. The van der Waals surface area contributed by atoms with Crippen LogP contribution in [0.1, 0.15) is 5.56 Å². The molecule has 0 unspecified atom stereocenters. The number of aromatic nitrogens is 2. The fourth-order valence-corrected chi connectivity index (χ4v) is 1.72. The van der Waals surface area contributed by atoms with E-state index in [0.29, 0.717) is 19.0 Å². The number of likely N-dealkylation sites (N-methyl/N-ethyl adjacent to an activating group) is 1. The van der Waals surface area contributed by atoms with Gasteiger partial charge in [-0.05, 0) is 19.1 Å². The van der Waals surface area contributed by atoms with E-state index < -0.39 is 0 Å². The number of hydrogen-bond acceptors (Lipinski definition) is 3. The van der Waals surface area contributed by atoms with Crippen molar-refractivity contribution < 1.29 is 9.53 Å². The molecule has 2 amide bonds. The fraction of sp³-hybridized carbons (Fsp3) is 0.333. The van der Waals surface area contributed by atoms with Gasteiger partial charge in [0.15, 0.2) is 5.82 Å². The van der Waals surface area contributed by atoms with Gasteiger partial charge in [-0.1, -0.05) is 17.7 Å². The van der Waals surface area contributed by atoms with Gasteiger partial charge in [-0.25, -0.2) is 4.79 Å². The Kier molecular flexibility index (Phi) is 4.81. The third kappa shape index (κ3) is 4.52. The molecule has 21 heavy (non-hydrogen) atoms. The quantitative estimate of drug-likeness (QED) is 0.918. The maximum atomic E-state index is 11.9. The third-order valence-electron chi connectivity index (χ3n) is 3.01. The molecular weight excluding hydrogens is 268 g/mol. The van der Waals surface area contributed by atoms with Crippen molar-refractivity contribution in [1.29, 1.82) is 0 Å². The summed E-state index contributed by atoms with van der Waals surface area (Å²) >= 11 is 0. The van der Waals surface area contributed by atoms with Crippen LogP contribution in [0.2, 0.25) is 0 Å². The number of carbonyl (C=O) groups excluding carboxylic acids is 1. The molecule has 6 heteroatoms. The molecule has 0 atom stereocenters. The molecule has 0 saturated heterocycles. The Bertz CT molecular complexity index is 592. The number of aryl methyl sites for hydroxylation is 2. The maximum absolute atomic E-state index is 11.9. The standard InChI is InChI=1S/C15H20N4O2/c1-12-4-6-13(7-5-12)21-11-10-18(2)15(20)16-14-8-9-19(3)17-14/h4-9H,10-11H2,1-3H3,(H,16,17,20). The van der Waals surface area contributed by atoms with Crippen molar-refractivity contribution in [2.75, 3.05) is 25.5 Å². The molecule has 2 aromatic rings. The summed E-state index contributed by atoms with van der Waals surface area (Å²) in [6.45, 7) is 2.96. The number of ether oxygens (including phenoxy) is 1. The van der Waals surface area contributed by atoms with Crippen LogP contribution in [0, 0.1) is 6.92 Å². The molecule has 1 heterocycles. The maximum Gasteiger partial charge on any atom is 0.322 e. The minimum Gasteiger partial charge on any atom is -0.492 e. The van der Waals surface area contributed by atoms with E-state index >= 15 is 0 Å². The van der Waals surface area contributed by atoms with Gasteiger partial charge in [-0.15, -0.1) is 0 Å². The Morgan fingerprint density at radius 2 is 2.05 bits per heavy atom. The summed E-state index contributed by atoms with van der Waals surface area (Å²) in [6, 6.07) is 9.36. The number of carbonyl (C=O) groups is 1. The molecule has 0 aliphatic heterocycles. The Morgan fingerprint density at radius 3 is 2.67 bits per heavy atom. The minimum atomic E-state index is -0.207. The molecule has 0 aliphatic rings. The zero-order valence-corrected chi connectivity index (χ0v) is 12.5. The molecule has 1 aromatic carbocycles. The van der Waals surface area contributed by atoms with E-state index in [0.717, 1.165) is 5.75 Å². The predicted octanol–water partition coefficient (Wildman–Crippen LogP) is 2.27. The zero-order chi connectivity index (χ0) is 15.2. The summed E-state index contributed by atoms with van der Waals surface area (Å²) in [5.74, 6) is 1.34. The summed E-state index contributed by atoms with van der Waals surface area (Å²) in [5, 5.41) is 6.81. The largest absolute Gasteiger partial charge is 0.492 e. The van der Waals surface area contributed by atoms with E-state index in [2.05, 4.69) is 10.4 Å². The van der Waals surface area contributed by atoms with Crippen molar-refractivity contribution in [2.24, 2.45) is 7.05 Å². The van der Waals surface area contributed by atoms with E-state index in [4.69, 9.17) is 4.74 Å². The molecule has 6 nitrogen and oxygen atoms in total. The SMILES string of the molecule is Cc1ccc(OCCN(C)C(=O)Nc2ccn(C)n2)cc1. The Morgan fingerprint density at radius 1 is 1.33 bits per heavy atom. The summed E-state index contributed by atoms with van der Waals surface area (Å²) in [4.78, 5) is 13.5. The number of rotatable bonds is 5. The van der Waals surface area contributed by atoms with Gasteiger partial charge < -0.3 is 9.64 Å². The van der Waals surface area contributed by atoms with Crippen LogP contribution in [0.5, 0.6) is 5.75 Å². The lowest BCUT2D eigenvalue weighted by atomic mass is 10.2. The highest BCUT2D eigenvalue weighted by Gasteiger charge is 2.10. The Balaban J connectivity index is 1.74. The van der Waals surface area contributed by atoms with Crippen LogP contribution in [0.25, 0.3) is 0 Å². The lowest BCUT2D eigenvalue weighted by Crippen LogP contribution is -2.34. The van der Waals surface area contributed by atoms with E-state index in [1.54, 1.807) is 35.9 Å². The first-order valence-corrected chi connectivity index (χ1v) is 6.76. The van der Waals surface area contributed by atoms with Gasteiger partial charge in [-0.2, -0.15) is 5.10 Å². The molecule has 1 aromatic heterocycles. The minimum absolute atomic E-state index is 0.207. The van der Waals surface area contributed by atoms with Crippen molar-refractivity contribution in [3.8, 4) is 5.75 Å². The van der Waals surface area contributed by atoms with Gasteiger partial charge in [-0.3, -0.25) is 10.00 Å². The van der Waals surface area contributed by atoms with E-state index in [9.17, 15) is 4.79 Å². The molecule has 112 valence electrons. The number of urea groups is 1. The summed E-state index contributed by atoms with van der Waals surface area (Å²) < 4.78 is 7.23. The van der Waals surface area contributed by atoms with Crippen molar-refractivity contribution in [3.05, 3.63) is 42.1 Å². The van der Waals surface area contributed by atoms with Gasteiger partial charge in [0, 0.05) is 26.4 Å². The number of nitrogens with zero attached hydrogens (tertiary/aromatic N) is 3. The van der Waals surface area contributed by atoms with Crippen LogP contribution < -0.4 is 10.1 Å². The van der Waals surface area contributed by atoms with Gasteiger partial charge >= 0.3 is 6.03 Å².